The van der Waals surface area contributed by atoms with Crippen molar-refractivity contribution < 1.29 is 19.1 Å². The molecule has 0 aliphatic heterocycles. The van der Waals surface area contributed by atoms with Crippen molar-refractivity contribution in [2.45, 2.75) is 25.2 Å². The Hall–Kier alpha value is -3.86. The van der Waals surface area contributed by atoms with Gasteiger partial charge >= 0.3 is 6.09 Å². The lowest BCUT2D eigenvalue weighted by Crippen LogP contribution is -2.16. The molecule has 0 unspecified atom stereocenters. The van der Waals surface area contributed by atoms with Gasteiger partial charge in [0.1, 0.15) is 11.5 Å². The van der Waals surface area contributed by atoms with Crippen LogP contribution in [0.4, 0.5) is 10.5 Å². The average Bonchev–Trinajstić information content (AvgIpc) is 3.51. The van der Waals surface area contributed by atoms with Crippen LogP contribution < -0.4 is 5.32 Å². The van der Waals surface area contributed by atoms with E-state index in [4.69, 9.17) is 4.42 Å². The summed E-state index contributed by atoms with van der Waals surface area (Å²) in [5.74, 6) is 1.09. The number of ketones is 1. The minimum absolute atomic E-state index is 0.228. The van der Waals surface area contributed by atoms with Crippen LogP contribution in [0.3, 0.4) is 0 Å². The highest BCUT2D eigenvalue weighted by molar-refractivity contribution is 5.95. The third kappa shape index (κ3) is 3.59. The first kappa shape index (κ1) is 20.4. The summed E-state index contributed by atoms with van der Waals surface area (Å²) in [6.07, 6.45) is 3.73. The molecule has 5 nitrogen and oxygen atoms in total. The first-order chi connectivity index (χ1) is 14.9. The Bertz CT molecular complexity index is 1180. The zero-order valence-electron chi connectivity index (χ0n) is 17.3. The highest BCUT2D eigenvalue weighted by Gasteiger charge is 2.48. The van der Waals surface area contributed by atoms with Crippen molar-refractivity contribution in [2.75, 3.05) is 5.32 Å². The van der Waals surface area contributed by atoms with E-state index in [1.165, 1.54) is 6.08 Å². The molecule has 0 bridgehead atoms. The van der Waals surface area contributed by atoms with E-state index in [2.05, 4.69) is 18.5 Å². The number of hydrogen-bond donors (Lipinski definition) is 2. The number of Topliss-reactive ketones (excluding diaryl/α,β-unsaturated/α-hetero) is 1. The van der Waals surface area contributed by atoms with Crippen molar-refractivity contribution >= 4 is 29.7 Å². The molecule has 4 rings (SSSR count). The molecule has 0 spiro atoms. The van der Waals surface area contributed by atoms with Gasteiger partial charge in [0.15, 0.2) is 5.76 Å². The van der Waals surface area contributed by atoms with Gasteiger partial charge in [0.25, 0.3) is 0 Å². The predicted molar refractivity (Wildman–Crippen MR) is 123 cm³/mol. The highest BCUT2D eigenvalue weighted by atomic mass is 16.4. The van der Waals surface area contributed by atoms with Gasteiger partial charge in [-0.05, 0) is 42.5 Å². The van der Waals surface area contributed by atoms with E-state index in [9.17, 15) is 14.7 Å². The number of carbonyl (C=O) groups is 2. The molecule has 1 saturated carbocycles. The highest BCUT2D eigenvalue weighted by Crippen LogP contribution is 2.49. The van der Waals surface area contributed by atoms with Crippen LogP contribution in [0.25, 0.3) is 34.6 Å². The molecule has 1 amide bonds. The lowest BCUT2D eigenvalue weighted by molar-refractivity contribution is -0.119. The number of furan rings is 1. The van der Waals surface area contributed by atoms with Crippen LogP contribution in [-0.4, -0.2) is 17.0 Å². The van der Waals surface area contributed by atoms with Gasteiger partial charge in [0.05, 0.1) is 11.1 Å². The molecule has 1 fully saturated rings. The van der Waals surface area contributed by atoms with Crippen LogP contribution in [0.15, 0.2) is 66.1 Å². The van der Waals surface area contributed by atoms with Gasteiger partial charge in [0, 0.05) is 11.1 Å². The third-order valence-electron chi connectivity index (χ3n) is 5.94. The second-order valence-corrected chi connectivity index (χ2v) is 7.72. The lowest BCUT2D eigenvalue weighted by atomic mass is 9.90. The minimum atomic E-state index is -1.18. The second-order valence-electron chi connectivity index (χ2n) is 7.72. The van der Waals surface area contributed by atoms with Crippen molar-refractivity contribution in [2.24, 2.45) is 0 Å². The maximum absolute atomic E-state index is 12.0. The number of hydrogen-bond acceptors (Lipinski definition) is 3. The minimum Gasteiger partial charge on any atom is -0.465 e. The van der Waals surface area contributed by atoms with Crippen molar-refractivity contribution in [3.63, 3.8) is 0 Å². The SMILES string of the molecule is C=Cc1oc(-c2ccc(-c3ccc(C4(C(C)=O)CC4)cc3)cc2)c(NC(=O)O)c1C=C. The Morgan fingerprint density at radius 2 is 1.52 bits per heavy atom. The first-order valence-corrected chi connectivity index (χ1v) is 10.0. The fourth-order valence-electron chi connectivity index (χ4n) is 4.01. The zero-order chi connectivity index (χ0) is 22.2. The molecule has 1 aromatic heterocycles. The topological polar surface area (TPSA) is 79.5 Å². The quantitative estimate of drug-likeness (QED) is 0.457. The van der Waals surface area contributed by atoms with Crippen molar-refractivity contribution in [1.82, 2.24) is 0 Å². The summed E-state index contributed by atoms with van der Waals surface area (Å²) in [5, 5.41) is 11.6. The predicted octanol–water partition coefficient (Wildman–Crippen LogP) is 6.61. The van der Waals surface area contributed by atoms with E-state index in [0.717, 1.165) is 35.1 Å². The summed E-state index contributed by atoms with van der Waals surface area (Å²) in [6.45, 7) is 9.13. The number of rotatable bonds is 7. The van der Waals surface area contributed by atoms with Gasteiger partial charge in [-0.3, -0.25) is 10.1 Å². The van der Waals surface area contributed by atoms with Gasteiger partial charge < -0.3 is 9.52 Å². The molecule has 2 N–H and O–H groups in total. The number of amides is 1. The maximum atomic E-state index is 12.0. The van der Waals surface area contributed by atoms with Crippen molar-refractivity contribution in [3.05, 3.63) is 78.6 Å². The number of benzene rings is 2. The molecule has 1 aliphatic rings. The lowest BCUT2D eigenvalue weighted by Gasteiger charge is -2.12. The number of carboxylic acid groups (broad SMARTS) is 1. The van der Waals surface area contributed by atoms with E-state index in [-0.39, 0.29) is 11.2 Å². The molecule has 0 atom stereocenters. The Morgan fingerprint density at radius 3 is 1.97 bits per heavy atom. The maximum Gasteiger partial charge on any atom is 0.409 e. The van der Waals surface area contributed by atoms with Crippen molar-refractivity contribution in [3.8, 4) is 22.5 Å². The Morgan fingerprint density at radius 1 is 0.968 bits per heavy atom. The van der Waals surface area contributed by atoms with E-state index >= 15 is 0 Å². The van der Waals surface area contributed by atoms with E-state index in [0.29, 0.717) is 22.8 Å². The van der Waals surface area contributed by atoms with Gasteiger partial charge in [-0.2, -0.15) is 0 Å². The summed E-state index contributed by atoms with van der Waals surface area (Å²) >= 11 is 0. The van der Waals surface area contributed by atoms with Crippen LogP contribution in [0.5, 0.6) is 0 Å². The van der Waals surface area contributed by atoms with Crippen LogP contribution >= 0.6 is 0 Å². The van der Waals surface area contributed by atoms with Crippen LogP contribution in [-0.2, 0) is 10.2 Å². The molecule has 1 aliphatic carbocycles. The smallest absolute Gasteiger partial charge is 0.409 e. The van der Waals surface area contributed by atoms with Crippen LogP contribution in [0.2, 0.25) is 0 Å². The Balaban J connectivity index is 1.65. The summed E-state index contributed by atoms with van der Waals surface area (Å²) in [5.41, 5.74) is 4.47. The Kier molecular flexibility index (Phi) is 5.11. The molecular formula is C26H23NO4. The van der Waals surface area contributed by atoms with Gasteiger partial charge in [0.2, 0.25) is 0 Å². The number of anilines is 1. The van der Waals surface area contributed by atoms with Gasteiger partial charge in [-0.1, -0.05) is 67.8 Å². The summed E-state index contributed by atoms with van der Waals surface area (Å²) in [6, 6.07) is 15.8. The normalized spacial score (nSPS) is 14.0. The van der Waals surface area contributed by atoms with Gasteiger partial charge in [-0.15, -0.1) is 0 Å². The molecule has 0 radical (unpaired) electrons. The van der Waals surface area contributed by atoms with Crippen LogP contribution in [0, 0.1) is 0 Å². The van der Waals surface area contributed by atoms with Crippen molar-refractivity contribution in [1.29, 1.82) is 0 Å². The number of carbonyl (C=O) groups excluding carboxylic acids is 1. The summed E-state index contributed by atoms with van der Waals surface area (Å²) < 4.78 is 5.85. The molecule has 1 heterocycles. The first-order valence-electron chi connectivity index (χ1n) is 10.0. The standard InChI is InChI=1S/C26H23NO4/c1-4-21-22(5-2)31-24(23(21)27-25(29)30)19-8-6-17(7-9-19)18-10-12-20(13-11-18)26(14-15-26)16(3)28/h4-13,27H,1-2,14-15H2,3H3,(H,29,30). The molecule has 5 heteroatoms. The molecule has 156 valence electrons. The van der Waals surface area contributed by atoms with E-state index in [1.807, 2.05) is 48.5 Å². The monoisotopic (exact) mass is 413 g/mol. The van der Waals surface area contributed by atoms with Gasteiger partial charge in [-0.25, -0.2) is 4.79 Å². The third-order valence-corrected chi connectivity index (χ3v) is 5.94. The van der Waals surface area contributed by atoms with Crippen LogP contribution in [0.1, 0.15) is 36.7 Å². The molecule has 31 heavy (non-hydrogen) atoms. The zero-order valence-corrected chi connectivity index (χ0v) is 17.3. The largest absolute Gasteiger partial charge is 0.465 e. The van der Waals surface area contributed by atoms with E-state index in [1.54, 1.807) is 13.0 Å². The fraction of sp³-hybridized carbons (Fsp3) is 0.154. The summed E-state index contributed by atoms with van der Waals surface area (Å²) in [7, 11) is 0. The molecular weight excluding hydrogens is 390 g/mol. The molecule has 3 aromatic rings. The number of nitrogens with one attached hydrogen (secondary N) is 1. The average molecular weight is 413 g/mol. The molecule has 0 saturated heterocycles. The summed E-state index contributed by atoms with van der Waals surface area (Å²) in [4.78, 5) is 23.2. The second kappa shape index (κ2) is 7.76. The van der Waals surface area contributed by atoms with E-state index < -0.39 is 6.09 Å². The fourth-order valence-corrected chi connectivity index (χ4v) is 4.01. The Labute approximate surface area is 180 Å². The molecule has 2 aromatic carbocycles.